The van der Waals surface area contributed by atoms with Gasteiger partial charge in [0.15, 0.2) is 0 Å². The van der Waals surface area contributed by atoms with Crippen molar-refractivity contribution >= 4 is 11.6 Å². The van der Waals surface area contributed by atoms with Crippen LogP contribution in [0.15, 0.2) is 42.5 Å². The minimum atomic E-state index is 0.544. The lowest BCUT2D eigenvalue weighted by molar-refractivity contribution is 1.07. The SMILES string of the molecule is NCc1cccc(-c2ccc[c]c2Cl)c1. The van der Waals surface area contributed by atoms with E-state index in [0.29, 0.717) is 11.6 Å². The molecule has 0 amide bonds. The van der Waals surface area contributed by atoms with Gasteiger partial charge >= 0.3 is 0 Å². The van der Waals surface area contributed by atoms with Crippen LogP contribution < -0.4 is 5.73 Å². The molecule has 2 rings (SSSR count). The van der Waals surface area contributed by atoms with Gasteiger partial charge in [0, 0.05) is 18.2 Å². The molecule has 2 heteroatoms. The highest BCUT2D eigenvalue weighted by atomic mass is 35.5. The summed E-state index contributed by atoms with van der Waals surface area (Å²) in [6.45, 7) is 0.544. The van der Waals surface area contributed by atoms with E-state index in [4.69, 9.17) is 17.3 Å². The van der Waals surface area contributed by atoms with Gasteiger partial charge < -0.3 is 5.73 Å². The summed E-state index contributed by atoms with van der Waals surface area (Å²) in [5.74, 6) is 0. The van der Waals surface area contributed by atoms with Gasteiger partial charge in [-0.25, -0.2) is 0 Å². The molecule has 0 heterocycles. The van der Waals surface area contributed by atoms with Crippen LogP contribution in [0, 0.1) is 6.07 Å². The van der Waals surface area contributed by atoms with E-state index < -0.39 is 0 Å². The standard InChI is InChI=1S/C13H11ClN/c14-13-7-2-1-6-12(13)11-5-3-4-10(8-11)9-15/h1-6,8H,9,15H2. The number of hydrogen-bond acceptors (Lipinski definition) is 1. The second-order valence-corrected chi connectivity index (χ2v) is 3.68. The number of halogens is 1. The third kappa shape index (κ3) is 2.20. The summed E-state index contributed by atoms with van der Waals surface area (Å²) >= 11 is 6.07. The maximum Gasteiger partial charge on any atom is 0.0563 e. The monoisotopic (exact) mass is 216 g/mol. The molecule has 0 bridgehead atoms. The Morgan fingerprint density at radius 2 is 2.07 bits per heavy atom. The maximum atomic E-state index is 6.07. The highest BCUT2D eigenvalue weighted by Crippen LogP contribution is 2.27. The Morgan fingerprint density at radius 1 is 1.20 bits per heavy atom. The van der Waals surface area contributed by atoms with Crippen molar-refractivity contribution in [2.75, 3.05) is 0 Å². The molecular formula is C13H11ClN. The molecular weight excluding hydrogens is 206 g/mol. The average molecular weight is 217 g/mol. The molecule has 2 aromatic rings. The number of hydrogen-bond donors (Lipinski definition) is 1. The fourth-order valence-corrected chi connectivity index (χ4v) is 1.74. The topological polar surface area (TPSA) is 26.0 Å². The van der Waals surface area contributed by atoms with Gasteiger partial charge in [0.05, 0.1) is 5.02 Å². The van der Waals surface area contributed by atoms with Gasteiger partial charge in [-0.15, -0.1) is 0 Å². The van der Waals surface area contributed by atoms with Crippen LogP contribution in [0.4, 0.5) is 0 Å². The Bertz CT molecular complexity index is 466. The summed E-state index contributed by atoms with van der Waals surface area (Å²) in [7, 11) is 0. The van der Waals surface area contributed by atoms with Crippen molar-refractivity contribution in [2.45, 2.75) is 6.54 Å². The largest absolute Gasteiger partial charge is 0.326 e. The molecule has 0 aliphatic carbocycles. The van der Waals surface area contributed by atoms with E-state index in [0.717, 1.165) is 16.7 Å². The van der Waals surface area contributed by atoms with Crippen molar-refractivity contribution in [1.29, 1.82) is 0 Å². The number of rotatable bonds is 2. The van der Waals surface area contributed by atoms with Gasteiger partial charge in [0.1, 0.15) is 0 Å². The van der Waals surface area contributed by atoms with Gasteiger partial charge in [-0.3, -0.25) is 0 Å². The number of benzene rings is 2. The van der Waals surface area contributed by atoms with E-state index >= 15 is 0 Å². The highest BCUT2D eigenvalue weighted by Gasteiger charge is 2.02. The van der Waals surface area contributed by atoms with E-state index in [-0.39, 0.29) is 0 Å². The van der Waals surface area contributed by atoms with Gasteiger partial charge in [-0.1, -0.05) is 48.0 Å². The fourth-order valence-electron chi connectivity index (χ4n) is 1.51. The lowest BCUT2D eigenvalue weighted by Crippen LogP contribution is -1.95. The summed E-state index contributed by atoms with van der Waals surface area (Å²) in [6.07, 6.45) is 0. The second kappa shape index (κ2) is 4.47. The minimum Gasteiger partial charge on any atom is -0.326 e. The summed E-state index contributed by atoms with van der Waals surface area (Å²) in [5.41, 5.74) is 8.78. The summed E-state index contributed by atoms with van der Waals surface area (Å²) in [4.78, 5) is 0. The molecule has 0 unspecified atom stereocenters. The molecule has 0 aliphatic heterocycles. The molecule has 2 N–H and O–H groups in total. The van der Waals surface area contributed by atoms with Crippen molar-refractivity contribution in [2.24, 2.45) is 5.73 Å². The van der Waals surface area contributed by atoms with Gasteiger partial charge in [0.2, 0.25) is 0 Å². The van der Waals surface area contributed by atoms with Crippen molar-refractivity contribution in [3.05, 3.63) is 59.1 Å². The van der Waals surface area contributed by atoms with Crippen LogP contribution >= 0.6 is 11.6 Å². The second-order valence-electron chi connectivity index (χ2n) is 3.30. The molecule has 0 saturated carbocycles. The summed E-state index contributed by atoms with van der Waals surface area (Å²) < 4.78 is 0. The first-order valence-corrected chi connectivity index (χ1v) is 5.14. The Hall–Kier alpha value is -1.31. The van der Waals surface area contributed by atoms with E-state index in [1.807, 2.05) is 30.3 Å². The van der Waals surface area contributed by atoms with E-state index in [1.54, 1.807) is 6.07 Å². The summed E-state index contributed by atoms with van der Waals surface area (Å²) in [6, 6.07) is 16.7. The van der Waals surface area contributed by atoms with Crippen molar-refractivity contribution in [3.63, 3.8) is 0 Å². The molecule has 0 atom stereocenters. The first kappa shape index (κ1) is 10.2. The molecule has 2 aromatic carbocycles. The molecule has 0 spiro atoms. The molecule has 0 aromatic heterocycles. The van der Waals surface area contributed by atoms with Crippen LogP contribution in [0.5, 0.6) is 0 Å². The number of nitrogens with two attached hydrogens (primary N) is 1. The molecule has 1 nitrogen and oxygen atoms in total. The quantitative estimate of drug-likeness (QED) is 0.820. The van der Waals surface area contributed by atoms with Crippen LogP contribution in [0.3, 0.4) is 0 Å². The first-order chi connectivity index (χ1) is 7.31. The van der Waals surface area contributed by atoms with Gasteiger partial charge in [0.25, 0.3) is 0 Å². The highest BCUT2D eigenvalue weighted by molar-refractivity contribution is 6.33. The van der Waals surface area contributed by atoms with Crippen molar-refractivity contribution < 1.29 is 0 Å². The zero-order valence-corrected chi connectivity index (χ0v) is 8.96. The van der Waals surface area contributed by atoms with E-state index in [2.05, 4.69) is 12.1 Å². The Balaban J connectivity index is 2.49. The predicted molar refractivity (Wildman–Crippen MR) is 63.6 cm³/mol. The molecule has 0 fully saturated rings. The lowest BCUT2D eigenvalue weighted by atomic mass is 10.0. The maximum absolute atomic E-state index is 6.07. The lowest BCUT2D eigenvalue weighted by Gasteiger charge is -2.05. The third-order valence-corrected chi connectivity index (χ3v) is 2.59. The molecule has 15 heavy (non-hydrogen) atoms. The van der Waals surface area contributed by atoms with Crippen LogP contribution in [-0.4, -0.2) is 0 Å². The van der Waals surface area contributed by atoms with Gasteiger partial charge in [-0.05, 0) is 17.2 Å². The average Bonchev–Trinajstić information content (AvgIpc) is 2.30. The first-order valence-electron chi connectivity index (χ1n) is 4.77. The van der Waals surface area contributed by atoms with E-state index in [1.165, 1.54) is 0 Å². The van der Waals surface area contributed by atoms with Crippen LogP contribution in [-0.2, 0) is 6.54 Å². The molecule has 75 valence electrons. The van der Waals surface area contributed by atoms with Crippen LogP contribution in [0.1, 0.15) is 5.56 Å². The predicted octanol–water partition coefficient (Wildman–Crippen LogP) is 3.27. The molecule has 0 aliphatic rings. The third-order valence-electron chi connectivity index (χ3n) is 2.28. The summed E-state index contributed by atoms with van der Waals surface area (Å²) in [5, 5.41) is 0.645. The fraction of sp³-hybridized carbons (Fsp3) is 0.0769. The van der Waals surface area contributed by atoms with Crippen molar-refractivity contribution in [3.8, 4) is 11.1 Å². The Morgan fingerprint density at radius 3 is 2.80 bits per heavy atom. The zero-order valence-electron chi connectivity index (χ0n) is 8.20. The van der Waals surface area contributed by atoms with Gasteiger partial charge in [-0.2, -0.15) is 0 Å². The Kier molecular flexibility index (Phi) is 3.05. The smallest absolute Gasteiger partial charge is 0.0563 e. The minimum absolute atomic E-state index is 0.544. The van der Waals surface area contributed by atoms with E-state index in [9.17, 15) is 0 Å². The van der Waals surface area contributed by atoms with Crippen LogP contribution in [0.25, 0.3) is 11.1 Å². The van der Waals surface area contributed by atoms with Crippen molar-refractivity contribution in [1.82, 2.24) is 0 Å². The zero-order chi connectivity index (χ0) is 10.7. The molecule has 0 saturated heterocycles. The van der Waals surface area contributed by atoms with Crippen LogP contribution in [0.2, 0.25) is 5.02 Å². The normalized spacial score (nSPS) is 10.3. The Labute approximate surface area is 94.5 Å². The molecule has 1 radical (unpaired) electrons.